The van der Waals surface area contributed by atoms with Gasteiger partial charge in [0.15, 0.2) is 0 Å². The highest BCUT2D eigenvalue weighted by molar-refractivity contribution is 6.47. The molecule has 0 aliphatic heterocycles. The number of hydrogen-bond acceptors (Lipinski definition) is 3. The molecule has 0 bridgehead atoms. The fourth-order valence-electron chi connectivity index (χ4n) is 3.99. The van der Waals surface area contributed by atoms with Crippen LogP contribution in [-0.2, 0) is 4.65 Å². The molecule has 0 fully saturated rings. The lowest BCUT2D eigenvalue weighted by molar-refractivity contribution is -0.0893. The molecule has 0 saturated carbocycles. The Morgan fingerprint density at radius 2 is 1.18 bits per heavy atom. The monoisotopic (exact) mass is 447 g/mol. The van der Waals surface area contributed by atoms with Crippen LogP contribution in [0.2, 0.25) is 0 Å². The Morgan fingerprint density at radius 3 is 1.71 bits per heavy atom. The van der Waals surface area contributed by atoms with Crippen molar-refractivity contribution in [2.45, 2.75) is 38.9 Å². The molecule has 4 heteroatoms. The number of hydrogen-bond donors (Lipinski definition) is 1. The van der Waals surface area contributed by atoms with Crippen LogP contribution in [0.25, 0.3) is 44.2 Å². The summed E-state index contributed by atoms with van der Waals surface area (Å²) in [7, 11) is 1.70. The van der Waals surface area contributed by atoms with Crippen molar-refractivity contribution in [2.75, 3.05) is 0 Å². The van der Waals surface area contributed by atoms with Gasteiger partial charge < -0.3 is 14.2 Å². The van der Waals surface area contributed by atoms with Gasteiger partial charge in [-0.05, 0) is 38.8 Å². The smallest absolute Gasteiger partial charge is 0.330 e. The fourth-order valence-corrected chi connectivity index (χ4v) is 3.99. The van der Waals surface area contributed by atoms with E-state index in [4.69, 9.17) is 9.07 Å². The minimum absolute atomic E-state index is 0.706. The topological polar surface area (TPSA) is 42.6 Å². The molecule has 4 aromatic carbocycles. The molecule has 0 atom stereocenters. The standard InChI is InChI=1S/C30H28BO3/c1-29(2,32)30(3,4)34-31-22-18-16-21(17-19-22)24-13-9-15-26-25-14-8-12-23(27(25)33-28(24)26)20-10-6-5-7-11-20/h5-19,32H,1-4H3. The lowest BCUT2D eigenvalue weighted by Gasteiger charge is -2.37. The van der Waals surface area contributed by atoms with Crippen molar-refractivity contribution < 1.29 is 14.2 Å². The Hall–Kier alpha value is -3.34. The Labute approximate surface area is 201 Å². The fraction of sp³-hybridized carbons (Fsp3) is 0.200. The Bertz CT molecular complexity index is 1440. The number of rotatable bonds is 6. The first-order valence-electron chi connectivity index (χ1n) is 11.6. The van der Waals surface area contributed by atoms with E-state index < -0.39 is 11.2 Å². The average Bonchev–Trinajstić information content (AvgIpc) is 3.22. The molecule has 1 N–H and O–H groups in total. The molecule has 5 rings (SSSR count). The highest BCUT2D eigenvalue weighted by Gasteiger charge is 2.35. The second-order valence-electron chi connectivity index (χ2n) is 9.76. The molecule has 1 aromatic heterocycles. The van der Waals surface area contributed by atoms with Crippen LogP contribution < -0.4 is 5.46 Å². The molecular weight excluding hydrogens is 419 g/mol. The Balaban J connectivity index is 1.51. The van der Waals surface area contributed by atoms with Crippen LogP contribution in [0, 0.1) is 0 Å². The van der Waals surface area contributed by atoms with Crippen molar-refractivity contribution >= 4 is 34.9 Å². The van der Waals surface area contributed by atoms with Crippen LogP contribution in [0.15, 0.2) is 95.4 Å². The van der Waals surface area contributed by atoms with E-state index in [0.717, 1.165) is 49.7 Å². The normalized spacial score (nSPS) is 12.4. The predicted octanol–water partition coefficient (Wildman–Crippen LogP) is 6.73. The zero-order valence-electron chi connectivity index (χ0n) is 20.0. The summed E-state index contributed by atoms with van der Waals surface area (Å²) in [4.78, 5) is 0. The number of furan rings is 1. The summed E-state index contributed by atoms with van der Waals surface area (Å²) < 4.78 is 12.4. The lowest BCUT2D eigenvalue weighted by atomic mass is 9.82. The second kappa shape index (κ2) is 8.46. The zero-order chi connectivity index (χ0) is 23.9. The summed E-state index contributed by atoms with van der Waals surface area (Å²) >= 11 is 0. The van der Waals surface area contributed by atoms with Crippen LogP contribution in [0.3, 0.4) is 0 Å². The molecular formula is C30H28BO3. The first-order valence-corrected chi connectivity index (χ1v) is 11.6. The van der Waals surface area contributed by atoms with E-state index in [1.54, 1.807) is 21.3 Å². The number of aliphatic hydroxyl groups is 1. The van der Waals surface area contributed by atoms with Crippen molar-refractivity contribution in [1.29, 1.82) is 0 Å². The Morgan fingerprint density at radius 1 is 0.647 bits per heavy atom. The van der Waals surface area contributed by atoms with Gasteiger partial charge in [-0.3, -0.25) is 0 Å². The van der Waals surface area contributed by atoms with E-state index in [9.17, 15) is 5.11 Å². The molecule has 1 heterocycles. The molecule has 0 saturated heterocycles. The maximum atomic E-state index is 10.3. The van der Waals surface area contributed by atoms with Gasteiger partial charge in [-0.25, -0.2) is 0 Å². The van der Waals surface area contributed by atoms with E-state index in [1.165, 1.54) is 0 Å². The summed E-state index contributed by atoms with van der Waals surface area (Å²) in [6.07, 6.45) is 0. The van der Waals surface area contributed by atoms with Crippen LogP contribution in [0.5, 0.6) is 0 Å². The number of para-hydroxylation sites is 2. The SMILES string of the molecule is CC(C)(O)C(C)(C)O[B]c1ccc(-c2cccc3c2oc2c(-c4ccccc4)cccc23)cc1. The first kappa shape index (κ1) is 22.5. The van der Waals surface area contributed by atoms with Crippen molar-refractivity contribution in [1.82, 2.24) is 0 Å². The average molecular weight is 447 g/mol. The molecule has 169 valence electrons. The van der Waals surface area contributed by atoms with Gasteiger partial charge in [0.25, 0.3) is 0 Å². The maximum absolute atomic E-state index is 10.3. The summed E-state index contributed by atoms with van der Waals surface area (Å²) in [5, 5.41) is 12.5. The second-order valence-corrected chi connectivity index (χ2v) is 9.76. The summed E-state index contributed by atoms with van der Waals surface area (Å²) in [5.74, 6) is 0. The van der Waals surface area contributed by atoms with Gasteiger partial charge in [-0.1, -0.05) is 96.5 Å². The molecule has 0 aliphatic rings. The minimum Gasteiger partial charge on any atom is -0.455 e. The number of benzene rings is 4. The third-order valence-corrected chi connectivity index (χ3v) is 6.79. The molecule has 0 unspecified atom stereocenters. The third kappa shape index (κ3) is 4.04. The predicted molar refractivity (Wildman–Crippen MR) is 141 cm³/mol. The van der Waals surface area contributed by atoms with Crippen molar-refractivity contribution in [3.8, 4) is 22.3 Å². The van der Waals surface area contributed by atoms with Gasteiger partial charge in [0.05, 0.1) is 11.2 Å². The summed E-state index contributed by atoms with van der Waals surface area (Å²) in [6.45, 7) is 7.26. The van der Waals surface area contributed by atoms with E-state index >= 15 is 0 Å². The third-order valence-electron chi connectivity index (χ3n) is 6.79. The Kier molecular flexibility index (Phi) is 5.59. The van der Waals surface area contributed by atoms with E-state index in [1.807, 2.05) is 44.2 Å². The highest BCUT2D eigenvalue weighted by Crippen LogP contribution is 2.39. The minimum atomic E-state index is -0.959. The van der Waals surface area contributed by atoms with Gasteiger partial charge in [0.1, 0.15) is 11.2 Å². The molecule has 0 amide bonds. The summed E-state index contributed by atoms with van der Waals surface area (Å²) in [5.41, 5.74) is 5.42. The van der Waals surface area contributed by atoms with Crippen molar-refractivity contribution in [3.05, 3.63) is 91.0 Å². The molecule has 0 aliphatic carbocycles. The van der Waals surface area contributed by atoms with Crippen LogP contribution in [0.1, 0.15) is 27.7 Å². The van der Waals surface area contributed by atoms with Crippen LogP contribution in [-0.4, -0.2) is 23.8 Å². The quantitative estimate of drug-likeness (QED) is 0.294. The number of fused-ring (bicyclic) bond motifs is 3. The van der Waals surface area contributed by atoms with Crippen molar-refractivity contribution in [3.63, 3.8) is 0 Å². The van der Waals surface area contributed by atoms with Gasteiger partial charge in [-0.15, -0.1) is 0 Å². The molecule has 3 nitrogen and oxygen atoms in total. The van der Waals surface area contributed by atoms with Crippen molar-refractivity contribution in [2.24, 2.45) is 0 Å². The molecule has 34 heavy (non-hydrogen) atoms. The van der Waals surface area contributed by atoms with Gasteiger partial charge in [0, 0.05) is 21.9 Å². The highest BCUT2D eigenvalue weighted by atomic mass is 16.5. The van der Waals surface area contributed by atoms with Crippen LogP contribution in [0.4, 0.5) is 0 Å². The van der Waals surface area contributed by atoms with E-state index in [-0.39, 0.29) is 0 Å². The maximum Gasteiger partial charge on any atom is 0.330 e. The van der Waals surface area contributed by atoms with Gasteiger partial charge in [-0.2, -0.15) is 0 Å². The van der Waals surface area contributed by atoms with E-state index in [2.05, 4.69) is 60.7 Å². The lowest BCUT2D eigenvalue weighted by Crippen LogP contribution is -2.49. The first-order chi connectivity index (χ1) is 16.2. The van der Waals surface area contributed by atoms with Gasteiger partial charge >= 0.3 is 7.48 Å². The molecule has 0 spiro atoms. The van der Waals surface area contributed by atoms with Gasteiger partial charge in [0.2, 0.25) is 0 Å². The largest absolute Gasteiger partial charge is 0.455 e. The molecule has 1 radical (unpaired) electrons. The zero-order valence-corrected chi connectivity index (χ0v) is 20.0. The molecule has 5 aromatic rings. The summed E-state index contributed by atoms with van der Waals surface area (Å²) in [6, 6.07) is 31.2. The van der Waals surface area contributed by atoms with E-state index in [0.29, 0.717) is 0 Å². The van der Waals surface area contributed by atoms with Crippen LogP contribution >= 0.6 is 0 Å².